The smallest absolute Gasteiger partial charge is 0.251 e. The number of nitrogens with zero attached hydrogens (tertiary/aromatic N) is 3. The Labute approximate surface area is 91.1 Å². The van der Waals surface area contributed by atoms with E-state index in [0.717, 1.165) is 30.9 Å². The average Bonchev–Trinajstić information content (AvgIpc) is 2.71. The first kappa shape index (κ1) is 10.9. The molecule has 0 unspecified atom stereocenters. The lowest BCUT2D eigenvalue weighted by molar-refractivity contribution is 0.0754. The predicted molar refractivity (Wildman–Crippen MR) is 54.3 cm³/mol. The normalized spacial score (nSPS) is 19.9. The van der Waals surface area contributed by atoms with Gasteiger partial charge in [-0.2, -0.15) is 0 Å². The summed E-state index contributed by atoms with van der Waals surface area (Å²) in [7, 11) is 0. The van der Waals surface area contributed by atoms with Gasteiger partial charge in [-0.3, -0.25) is 4.90 Å². The first-order chi connectivity index (χ1) is 7.25. The summed E-state index contributed by atoms with van der Waals surface area (Å²) >= 11 is 1.56. The fraction of sp³-hybridized carbons (Fsp3) is 0.778. The lowest BCUT2D eigenvalue weighted by atomic mass is 9.98. The van der Waals surface area contributed by atoms with E-state index in [1.165, 1.54) is 0 Å². The van der Waals surface area contributed by atoms with Crippen LogP contribution in [0, 0.1) is 0 Å². The van der Waals surface area contributed by atoms with E-state index >= 15 is 0 Å². The molecule has 0 aromatic carbocycles. The predicted octanol–water partition coefficient (Wildman–Crippen LogP) is 1.98. The third kappa shape index (κ3) is 2.92. The van der Waals surface area contributed by atoms with E-state index in [1.807, 2.05) is 4.90 Å². The summed E-state index contributed by atoms with van der Waals surface area (Å²) in [5, 5.41) is 8.88. The van der Waals surface area contributed by atoms with Crippen molar-refractivity contribution in [1.29, 1.82) is 0 Å². The molecule has 1 aromatic rings. The van der Waals surface area contributed by atoms with Gasteiger partial charge in [0.15, 0.2) is 0 Å². The minimum absolute atomic E-state index is 0.0944. The van der Waals surface area contributed by atoms with Crippen LogP contribution in [0.25, 0.3) is 0 Å². The molecular weight excluding hydrogens is 220 g/mol. The van der Waals surface area contributed by atoms with Crippen molar-refractivity contribution < 1.29 is 8.78 Å². The van der Waals surface area contributed by atoms with Crippen LogP contribution in [0.2, 0.25) is 0 Å². The number of hydrogen-bond donors (Lipinski definition) is 0. The Morgan fingerprint density at radius 2 is 2.20 bits per heavy atom. The van der Waals surface area contributed by atoms with E-state index in [2.05, 4.69) is 10.2 Å². The summed E-state index contributed by atoms with van der Waals surface area (Å²) in [5.41, 5.74) is 1.72. The van der Waals surface area contributed by atoms with Crippen LogP contribution in [0.1, 0.15) is 23.8 Å². The van der Waals surface area contributed by atoms with E-state index in [0.29, 0.717) is 5.92 Å². The number of hydrogen-bond acceptors (Lipinski definition) is 4. The third-order valence-corrected chi connectivity index (χ3v) is 3.57. The molecule has 1 aliphatic rings. The highest BCUT2D eigenvalue weighted by Gasteiger charge is 2.23. The molecule has 0 spiro atoms. The van der Waals surface area contributed by atoms with Crippen LogP contribution in [0.15, 0.2) is 5.51 Å². The number of alkyl halides is 2. The summed E-state index contributed by atoms with van der Waals surface area (Å²) in [4.78, 5) is 1.82. The first-order valence-corrected chi connectivity index (χ1v) is 5.90. The molecule has 6 heteroatoms. The van der Waals surface area contributed by atoms with E-state index in [4.69, 9.17) is 0 Å². The first-order valence-electron chi connectivity index (χ1n) is 5.02. The van der Waals surface area contributed by atoms with Gasteiger partial charge in [-0.15, -0.1) is 21.5 Å². The van der Waals surface area contributed by atoms with Gasteiger partial charge >= 0.3 is 0 Å². The zero-order valence-electron chi connectivity index (χ0n) is 8.27. The molecule has 84 valence electrons. The van der Waals surface area contributed by atoms with Gasteiger partial charge in [0, 0.05) is 5.92 Å². The number of halogens is 2. The Morgan fingerprint density at radius 3 is 2.73 bits per heavy atom. The topological polar surface area (TPSA) is 29.0 Å². The van der Waals surface area contributed by atoms with Gasteiger partial charge in [-0.1, -0.05) is 0 Å². The lowest BCUT2D eigenvalue weighted by Crippen LogP contribution is -2.36. The highest BCUT2D eigenvalue weighted by Crippen LogP contribution is 2.28. The lowest BCUT2D eigenvalue weighted by Gasteiger charge is -2.30. The van der Waals surface area contributed by atoms with Crippen LogP contribution in [-0.2, 0) is 0 Å². The number of likely N-dealkylation sites (tertiary alicyclic amines) is 1. The molecular formula is C9H13F2N3S. The minimum atomic E-state index is -2.22. The maximum Gasteiger partial charge on any atom is 0.251 e. The Balaban J connectivity index is 1.82. The summed E-state index contributed by atoms with van der Waals surface area (Å²) in [5.74, 6) is 0.423. The monoisotopic (exact) mass is 233 g/mol. The highest BCUT2D eigenvalue weighted by atomic mass is 32.1. The summed E-state index contributed by atoms with van der Waals surface area (Å²) < 4.78 is 24.3. The van der Waals surface area contributed by atoms with Crippen molar-refractivity contribution in [2.45, 2.75) is 25.2 Å². The standard InChI is InChI=1S/C9H13F2N3S/c10-8(11)5-14-3-1-7(2-4-14)9-13-12-6-15-9/h6-8H,1-5H2. The number of rotatable bonds is 3. The summed E-state index contributed by atoms with van der Waals surface area (Å²) in [6.07, 6.45) is -0.382. The van der Waals surface area contributed by atoms with Crippen molar-refractivity contribution in [2.75, 3.05) is 19.6 Å². The summed E-state index contributed by atoms with van der Waals surface area (Å²) in [6, 6.07) is 0. The van der Waals surface area contributed by atoms with Crippen molar-refractivity contribution in [3.05, 3.63) is 10.5 Å². The molecule has 2 heterocycles. The second kappa shape index (κ2) is 4.94. The van der Waals surface area contributed by atoms with Crippen LogP contribution >= 0.6 is 11.3 Å². The van der Waals surface area contributed by atoms with E-state index in [9.17, 15) is 8.78 Å². The maximum atomic E-state index is 12.1. The molecule has 15 heavy (non-hydrogen) atoms. The van der Waals surface area contributed by atoms with Gasteiger partial charge in [0.25, 0.3) is 6.43 Å². The van der Waals surface area contributed by atoms with E-state index in [1.54, 1.807) is 16.8 Å². The molecule has 0 radical (unpaired) electrons. The SMILES string of the molecule is FC(F)CN1CCC(c2nncs2)CC1. The van der Waals surface area contributed by atoms with Gasteiger partial charge in [-0.25, -0.2) is 8.78 Å². The quantitative estimate of drug-likeness (QED) is 0.799. The molecule has 1 aromatic heterocycles. The fourth-order valence-electron chi connectivity index (χ4n) is 1.92. The van der Waals surface area contributed by atoms with Gasteiger partial charge in [-0.05, 0) is 25.9 Å². The second-order valence-corrected chi connectivity index (χ2v) is 4.61. The molecule has 1 saturated heterocycles. The highest BCUT2D eigenvalue weighted by molar-refractivity contribution is 7.09. The largest absolute Gasteiger partial charge is 0.298 e. The molecule has 0 atom stereocenters. The molecule has 1 fully saturated rings. The number of aromatic nitrogens is 2. The second-order valence-electron chi connectivity index (χ2n) is 3.74. The van der Waals surface area contributed by atoms with Crippen LogP contribution in [0.3, 0.4) is 0 Å². The van der Waals surface area contributed by atoms with Crippen molar-refractivity contribution >= 4 is 11.3 Å². The van der Waals surface area contributed by atoms with Crippen molar-refractivity contribution in [2.24, 2.45) is 0 Å². The van der Waals surface area contributed by atoms with Crippen molar-refractivity contribution in [3.8, 4) is 0 Å². The van der Waals surface area contributed by atoms with E-state index < -0.39 is 6.43 Å². The molecule has 0 bridgehead atoms. The van der Waals surface area contributed by atoms with Gasteiger partial charge in [0.05, 0.1) is 6.54 Å². The van der Waals surface area contributed by atoms with Gasteiger partial charge < -0.3 is 0 Å². The Kier molecular flexibility index (Phi) is 3.58. The van der Waals surface area contributed by atoms with Crippen molar-refractivity contribution in [1.82, 2.24) is 15.1 Å². The number of piperidine rings is 1. The zero-order chi connectivity index (χ0) is 10.7. The van der Waals surface area contributed by atoms with Gasteiger partial charge in [0.2, 0.25) is 0 Å². The minimum Gasteiger partial charge on any atom is -0.298 e. The molecule has 3 nitrogen and oxygen atoms in total. The van der Waals surface area contributed by atoms with E-state index in [-0.39, 0.29) is 6.54 Å². The Hall–Kier alpha value is -0.620. The summed E-state index contributed by atoms with van der Waals surface area (Å²) in [6.45, 7) is 1.39. The van der Waals surface area contributed by atoms with Crippen LogP contribution in [-0.4, -0.2) is 41.2 Å². The average molecular weight is 233 g/mol. The Morgan fingerprint density at radius 1 is 1.47 bits per heavy atom. The molecule has 0 aliphatic carbocycles. The molecule has 2 rings (SSSR count). The molecule has 0 amide bonds. The van der Waals surface area contributed by atoms with Gasteiger partial charge in [0.1, 0.15) is 10.5 Å². The fourth-order valence-corrected chi connectivity index (χ4v) is 2.64. The van der Waals surface area contributed by atoms with Crippen LogP contribution in [0.5, 0.6) is 0 Å². The molecule has 1 aliphatic heterocycles. The zero-order valence-corrected chi connectivity index (χ0v) is 9.09. The Bertz CT molecular complexity index is 284. The molecule has 0 N–H and O–H groups in total. The molecule has 0 saturated carbocycles. The third-order valence-electron chi connectivity index (χ3n) is 2.71. The maximum absolute atomic E-state index is 12.1. The van der Waals surface area contributed by atoms with Crippen molar-refractivity contribution in [3.63, 3.8) is 0 Å². The van der Waals surface area contributed by atoms with Crippen LogP contribution in [0.4, 0.5) is 8.78 Å². The van der Waals surface area contributed by atoms with Crippen LogP contribution < -0.4 is 0 Å².